The lowest BCUT2D eigenvalue weighted by molar-refractivity contribution is -0.274. The van der Waals surface area contributed by atoms with Gasteiger partial charge in [-0.3, -0.25) is 4.79 Å². The third kappa shape index (κ3) is 4.56. The van der Waals surface area contributed by atoms with Crippen LogP contribution in [-0.2, 0) is 0 Å². The van der Waals surface area contributed by atoms with Gasteiger partial charge in [0, 0.05) is 29.6 Å². The van der Waals surface area contributed by atoms with E-state index >= 15 is 0 Å². The van der Waals surface area contributed by atoms with Crippen LogP contribution in [0.4, 0.5) is 24.7 Å². The first-order valence-corrected chi connectivity index (χ1v) is 7.03. The lowest BCUT2D eigenvalue weighted by Gasteiger charge is -2.10. The van der Waals surface area contributed by atoms with Gasteiger partial charge in [-0.1, -0.05) is 0 Å². The molecule has 25 heavy (non-hydrogen) atoms. The van der Waals surface area contributed by atoms with Crippen molar-refractivity contribution in [3.8, 4) is 17.0 Å². The minimum absolute atomic E-state index is 0.258. The Hall–Kier alpha value is -3.36. The van der Waals surface area contributed by atoms with E-state index in [4.69, 9.17) is 0 Å². The minimum Gasteiger partial charge on any atom is -0.406 e. The molecule has 3 aromatic rings. The van der Waals surface area contributed by atoms with Crippen molar-refractivity contribution in [2.45, 2.75) is 6.36 Å². The molecular formula is C16H11F3N4O2. The summed E-state index contributed by atoms with van der Waals surface area (Å²) in [6.45, 7) is 0. The number of halogens is 3. The summed E-state index contributed by atoms with van der Waals surface area (Å²) in [6.07, 6.45) is -1.91. The van der Waals surface area contributed by atoms with Crippen molar-refractivity contribution in [2.24, 2.45) is 0 Å². The molecule has 0 aliphatic carbocycles. The molecule has 3 rings (SSSR count). The molecule has 0 aliphatic heterocycles. The second-order valence-electron chi connectivity index (χ2n) is 4.93. The van der Waals surface area contributed by atoms with Crippen LogP contribution in [0.1, 0.15) is 0 Å². The number of aromatic nitrogens is 3. The van der Waals surface area contributed by atoms with Gasteiger partial charge in [-0.05, 0) is 30.3 Å². The highest BCUT2D eigenvalue weighted by Crippen LogP contribution is 2.25. The number of hydrogen-bond donors (Lipinski definition) is 2. The topological polar surface area (TPSA) is 79.9 Å². The Balaban J connectivity index is 1.77. The SMILES string of the molecule is O=c1cc(-c2cc(Nc3ccc(OC(F)(F)F)cc3)ncn2)cc[nH]1. The Morgan fingerprint density at radius 1 is 1.04 bits per heavy atom. The molecule has 6 nitrogen and oxygen atoms in total. The fourth-order valence-electron chi connectivity index (χ4n) is 2.08. The van der Waals surface area contributed by atoms with E-state index in [0.29, 0.717) is 22.8 Å². The van der Waals surface area contributed by atoms with Crippen molar-refractivity contribution in [2.75, 3.05) is 5.32 Å². The first kappa shape index (κ1) is 16.5. The van der Waals surface area contributed by atoms with E-state index in [9.17, 15) is 18.0 Å². The second-order valence-corrected chi connectivity index (χ2v) is 4.93. The molecule has 9 heteroatoms. The summed E-state index contributed by atoms with van der Waals surface area (Å²) in [4.78, 5) is 22.0. The van der Waals surface area contributed by atoms with Gasteiger partial charge in [-0.2, -0.15) is 0 Å². The monoisotopic (exact) mass is 348 g/mol. The predicted molar refractivity (Wildman–Crippen MR) is 84.5 cm³/mol. The van der Waals surface area contributed by atoms with E-state index < -0.39 is 6.36 Å². The van der Waals surface area contributed by atoms with Crippen molar-refractivity contribution in [3.05, 3.63) is 65.3 Å². The quantitative estimate of drug-likeness (QED) is 0.755. The van der Waals surface area contributed by atoms with Crippen LogP contribution < -0.4 is 15.6 Å². The van der Waals surface area contributed by atoms with Crippen LogP contribution in [0.15, 0.2) is 59.8 Å². The molecule has 0 saturated heterocycles. The van der Waals surface area contributed by atoms with Crippen LogP contribution >= 0.6 is 0 Å². The van der Waals surface area contributed by atoms with Gasteiger partial charge in [0.2, 0.25) is 5.56 Å². The highest BCUT2D eigenvalue weighted by Gasteiger charge is 2.30. The van der Waals surface area contributed by atoms with Gasteiger partial charge in [0.25, 0.3) is 0 Å². The standard InChI is InChI=1S/C16H11F3N4O2/c17-16(18,19)25-12-3-1-11(2-4-12)23-14-8-13(21-9-22-14)10-5-6-20-15(24)7-10/h1-9H,(H,20,24)(H,21,22,23). The zero-order valence-corrected chi connectivity index (χ0v) is 12.5. The molecule has 1 aromatic carbocycles. The smallest absolute Gasteiger partial charge is 0.406 e. The number of hydrogen-bond acceptors (Lipinski definition) is 5. The summed E-state index contributed by atoms with van der Waals surface area (Å²) in [5, 5.41) is 2.94. The number of pyridine rings is 1. The zero-order chi connectivity index (χ0) is 17.9. The molecule has 0 spiro atoms. The summed E-state index contributed by atoms with van der Waals surface area (Å²) < 4.78 is 40.2. The highest BCUT2D eigenvalue weighted by molar-refractivity contribution is 5.65. The number of ether oxygens (including phenoxy) is 1. The molecule has 2 N–H and O–H groups in total. The average Bonchev–Trinajstić information content (AvgIpc) is 2.56. The van der Waals surface area contributed by atoms with Crippen molar-refractivity contribution >= 4 is 11.5 Å². The van der Waals surface area contributed by atoms with Gasteiger partial charge in [0.1, 0.15) is 17.9 Å². The van der Waals surface area contributed by atoms with Crippen LogP contribution in [-0.4, -0.2) is 21.3 Å². The molecule has 2 heterocycles. The molecule has 2 aromatic heterocycles. The maximum absolute atomic E-state index is 12.1. The number of nitrogens with one attached hydrogen (secondary N) is 2. The van der Waals surface area contributed by atoms with Crippen LogP contribution in [0.3, 0.4) is 0 Å². The molecule has 0 radical (unpaired) electrons. The summed E-state index contributed by atoms with van der Waals surface area (Å²) >= 11 is 0. The Kier molecular flexibility index (Phi) is 4.38. The summed E-state index contributed by atoms with van der Waals surface area (Å²) in [5.74, 6) is 0.111. The highest BCUT2D eigenvalue weighted by atomic mass is 19.4. The van der Waals surface area contributed by atoms with Crippen LogP contribution in [0.25, 0.3) is 11.3 Å². The van der Waals surface area contributed by atoms with E-state index in [0.717, 1.165) is 0 Å². The van der Waals surface area contributed by atoms with E-state index in [2.05, 4.69) is 25.0 Å². The third-order valence-corrected chi connectivity index (χ3v) is 3.10. The van der Waals surface area contributed by atoms with Crippen LogP contribution in [0.2, 0.25) is 0 Å². The number of aromatic amines is 1. The summed E-state index contributed by atoms with van der Waals surface area (Å²) in [7, 11) is 0. The first-order chi connectivity index (χ1) is 11.9. The molecule has 0 aliphatic rings. The average molecular weight is 348 g/mol. The molecule has 0 saturated carbocycles. The van der Waals surface area contributed by atoms with Crippen LogP contribution in [0, 0.1) is 0 Å². The summed E-state index contributed by atoms with van der Waals surface area (Å²) in [5.41, 5.74) is 1.40. The normalized spacial score (nSPS) is 11.2. The first-order valence-electron chi connectivity index (χ1n) is 7.03. The second kappa shape index (κ2) is 6.63. The molecule has 0 atom stereocenters. The fraction of sp³-hybridized carbons (Fsp3) is 0.0625. The fourth-order valence-corrected chi connectivity index (χ4v) is 2.08. The number of alkyl halides is 3. The molecule has 0 fully saturated rings. The summed E-state index contributed by atoms with van der Waals surface area (Å²) in [6, 6.07) is 9.94. The maximum Gasteiger partial charge on any atom is 0.573 e. The van der Waals surface area contributed by atoms with Gasteiger partial charge in [-0.15, -0.1) is 13.2 Å². The number of rotatable bonds is 4. The van der Waals surface area contributed by atoms with E-state index in [1.165, 1.54) is 42.9 Å². The minimum atomic E-state index is -4.73. The lowest BCUT2D eigenvalue weighted by atomic mass is 10.2. The third-order valence-electron chi connectivity index (χ3n) is 3.10. The van der Waals surface area contributed by atoms with Crippen molar-refractivity contribution in [1.29, 1.82) is 0 Å². The van der Waals surface area contributed by atoms with Gasteiger partial charge >= 0.3 is 6.36 Å². The molecule has 0 unspecified atom stereocenters. The largest absolute Gasteiger partial charge is 0.573 e. The Morgan fingerprint density at radius 2 is 1.80 bits per heavy atom. The van der Waals surface area contributed by atoms with Gasteiger partial charge < -0.3 is 15.0 Å². The van der Waals surface area contributed by atoms with Crippen molar-refractivity contribution < 1.29 is 17.9 Å². The Labute approximate surface area is 139 Å². The Bertz CT molecular complexity index is 923. The zero-order valence-electron chi connectivity index (χ0n) is 12.5. The Morgan fingerprint density at radius 3 is 2.48 bits per heavy atom. The van der Waals surface area contributed by atoms with Gasteiger partial charge in [0.05, 0.1) is 5.69 Å². The molecule has 128 valence electrons. The predicted octanol–water partition coefficient (Wildman–Crippen LogP) is 3.47. The maximum atomic E-state index is 12.1. The number of benzene rings is 1. The molecular weight excluding hydrogens is 337 g/mol. The van der Waals surface area contributed by atoms with E-state index in [1.807, 2.05) is 0 Å². The van der Waals surface area contributed by atoms with E-state index in [-0.39, 0.29) is 11.3 Å². The van der Waals surface area contributed by atoms with Gasteiger partial charge in [0.15, 0.2) is 0 Å². The molecule has 0 amide bonds. The van der Waals surface area contributed by atoms with Crippen molar-refractivity contribution in [3.63, 3.8) is 0 Å². The number of H-pyrrole nitrogens is 1. The lowest BCUT2D eigenvalue weighted by Crippen LogP contribution is -2.16. The van der Waals surface area contributed by atoms with Gasteiger partial charge in [-0.25, -0.2) is 9.97 Å². The van der Waals surface area contributed by atoms with Crippen molar-refractivity contribution in [1.82, 2.24) is 15.0 Å². The van der Waals surface area contributed by atoms with E-state index in [1.54, 1.807) is 12.1 Å². The number of anilines is 2. The molecule has 0 bridgehead atoms. The van der Waals surface area contributed by atoms with Crippen LogP contribution in [0.5, 0.6) is 5.75 Å². The number of nitrogens with zero attached hydrogens (tertiary/aromatic N) is 2.